The first-order chi connectivity index (χ1) is 9.11. The van der Waals surface area contributed by atoms with E-state index >= 15 is 0 Å². The standard InChI is InChI=1S/C9H11N7O3/c1-3-10-7-6(16(17)18)8(12-4-11-7)19-9-13-5-15(2)14-9/h4-5H,3H2,1-2H3,(H,10,11,12). The number of rotatable bonds is 5. The minimum absolute atomic E-state index is 0.0215. The second-order valence-electron chi connectivity index (χ2n) is 3.47. The summed E-state index contributed by atoms with van der Waals surface area (Å²) >= 11 is 0. The Kier molecular flexibility index (Phi) is 3.50. The molecular weight excluding hydrogens is 254 g/mol. The van der Waals surface area contributed by atoms with Crippen LogP contribution in [0.1, 0.15) is 6.92 Å². The van der Waals surface area contributed by atoms with Crippen LogP contribution in [-0.2, 0) is 7.05 Å². The highest BCUT2D eigenvalue weighted by Gasteiger charge is 2.25. The zero-order valence-electron chi connectivity index (χ0n) is 10.3. The molecule has 0 aromatic carbocycles. The van der Waals surface area contributed by atoms with Crippen LogP contribution in [0.2, 0.25) is 0 Å². The maximum absolute atomic E-state index is 11.1. The van der Waals surface area contributed by atoms with Crippen molar-refractivity contribution in [3.63, 3.8) is 0 Å². The Bertz CT molecular complexity index is 597. The number of nitrogens with one attached hydrogen (secondary N) is 1. The van der Waals surface area contributed by atoms with Gasteiger partial charge < -0.3 is 10.1 Å². The topological polar surface area (TPSA) is 121 Å². The number of anilines is 1. The average Bonchev–Trinajstić information content (AvgIpc) is 2.75. The molecule has 0 radical (unpaired) electrons. The van der Waals surface area contributed by atoms with Crippen molar-refractivity contribution in [1.29, 1.82) is 0 Å². The van der Waals surface area contributed by atoms with E-state index in [0.29, 0.717) is 6.54 Å². The molecule has 0 fully saturated rings. The molecule has 0 atom stereocenters. The van der Waals surface area contributed by atoms with Gasteiger partial charge in [-0.2, -0.15) is 9.97 Å². The van der Waals surface area contributed by atoms with E-state index in [9.17, 15) is 10.1 Å². The molecule has 100 valence electrons. The zero-order valence-corrected chi connectivity index (χ0v) is 10.3. The molecule has 19 heavy (non-hydrogen) atoms. The van der Waals surface area contributed by atoms with E-state index in [1.807, 2.05) is 0 Å². The Morgan fingerprint density at radius 1 is 1.47 bits per heavy atom. The third kappa shape index (κ3) is 2.73. The molecule has 1 N–H and O–H groups in total. The van der Waals surface area contributed by atoms with Crippen LogP contribution in [0.3, 0.4) is 0 Å². The van der Waals surface area contributed by atoms with E-state index < -0.39 is 4.92 Å². The van der Waals surface area contributed by atoms with Gasteiger partial charge in [0.25, 0.3) is 0 Å². The lowest BCUT2D eigenvalue weighted by molar-refractivity contribution is -0.385. The van der Waals surface area contributed by atoms with Crippen molar-refractivity contribution in [2.75, 3.05) is 11.9 Å². The van der Waals surface area contributed by atoms with Gasteiger partial charge in [-0.05, 0) is 6.92 Å². The van der Waals surface area contributed by atoms with Crippen LogP contribution in [0.15, 0.2) is 12.7 Å². The normalized spacial score (nSPS) is 10.2. The highest BCUT2D eigenvalue weighted by molar-refractivity contribution is 5.61. The van der Waals surface area contributed by atoms with Crippen molar-refractivity contribution in [3.05, 3.63) is 22.8 Å². The maximum atomic E-state index is 11.1. The van der Waals surface area contributed by atoms with Crippen molar-refractivity contribution in [2.24, 2.45) is 7.05 Å². The molecule has 0 aliphatic rings. The number of aryl methyl sites for hydroxylation is 1. The maximum Gasteiger partial charge on any atom is 0.373 e. The molecule has 0 spiro atoms. The predicted octanol–water partition coefficient (Wildman–Crippen LogP) is 0.737. The number of hydrogen-bond acceptors (Lipinski definition) is 8. The first-order valence-corrected chi connectivity index (χ1v) is 5.38. The van der Waals surface area contributed by atoms with E-state index in [0.717, 1.165) is 0 Å². The van der Waals surface area contributed by atoms with Crippen molar-refractivity contribution in [1.82, 2.24) is 24.7 Å². The number of ether oxygens (including phenoxy) is 1. The van der Waals surface area contributed by atoms with Crippen molar-refractivity contribution < 1.29 is 9.66 Å². The monoisotopic (exact) mass is 265 g/mol. The molecule has 2 heterocycles. The summed E-state index contributed by atoms with van der Waals surface area (Å²) in [6.07, 6.45) is 2.58. The molecule has 0 saturated heterocycles. The third-order valence-corrected chi connectivity index (χ3v) is 2.08. The smallest absolute Gasteiger partial charge is 0.373 e. The zero-order chi connectivity index (χ0) is 13.8. The third-order valence-electron chi connectivity index (χ3n) is 2.08. The van der Waals surface area contributed by atoms with Crippen LogP contribution in [0, 0.1) is 10.1 Å². The van der Waals surface area contributed by atoms with E-state index in [1.54, 1.807) is 14.0 Å². The fourth-order valence-corrected chi connectivity index (χ4v) is 1.35. The summed E-state index contributed by atoms with van der Waals surface area (Å²) in [5, 5.41) is 17.7. The highest BCUT2D eigenvalue weighted by atomic mass is 16.6. The molecule has 2 aromatic heterocycles. The van der Waals surface area contributed by atoms with Crippen molar-refractivity contribution >= 4 is 11.5 Å². The fourth-order valence-electron chi connectivity index (χ4n) is 1.35. The van der Waals surface area contributed by atoms with Gasteiger partial charge in [0.2, 0.25) is 5.82 Å². The molecule has 10 nitrogen and oxygen atoms in total. The molecule has 2 aromatic rings. The Labute approximate surface area is 107 Å². The number of hydrogen-bond donors (Lipinski definition) is 1. The Balaban J connectivity index is 2.38. The van der Waals surface area contributed by atoms with Crippen LogP contribution >= 0.6 is 0 Å². The minimum Gasteiger partial charge on any atom is -0.397 e. The summed E-state index contributed by atoms with van der Waals surface area (Å²) in [5.74, 6) is -0.115. The second-order valence-corrected chi connectivity index (χ2v) is 3.47. The molecule has 0 amide bonds. The molecule has 10 heteroatoms. The van der Waals surface area contributed by atoms with Crippen LogP contribution in [0.4, 0.5) is 11.5 Å². The average molecular weight is 265 g/mol. The van der Waals surface area contributed by atoms with E-state index in [-0.39, 0.29) is 23.4 Å². The Hall–Kier alpha value is -2.78. The molecule has 0 aliphatic carbocycles. The van der Waals surface area contributed by atoms with E-state index in [4.69, 9.17) is 4.74 Å². The van der Waals surface area contributed by atoms with Gasteiger partial charge in [0.15, 0.2) is 0 Å². The van der Waals surface area contributed by atoms with Gasteiger partial charge in [0, 0.05) is 13.6 Å². The SMILES string of the molecule is CCNc1ncnc(Oc2ncn(C)n2)c1[N+](=O)[O-]. The fraction of sp³-hybridized carbons (Fsp3) is 0.333. The van der Waals surface area contributed by atoms with Crippen LogP contribution in [0.25, 0.3) is 0 Å². The lowest BCUT2D eigenvalue weighted by atomic mass is 10.4. The highest BCUT2D eigenvalue weighted by Crippen LogP contribution is 2.32. The molecule has 2 rings (SSSR count). The minimum atomic E-state index is -0.615. The number of nitro groups is 1. The summed E-state index contributed by atoms with van der Waals surface area (Å²) in [6.45, 7) is 2.28. The van der Waals surface area contributed by atoms with Gasteiger partial charge >= 0.3 is 17.6 Å². The summed E-state index contributed by atoms with van der Waals surface area (Å²) < 4.78 is 6.61. The number of aromatic nitrogens is 5. The van der Waals surface area contributed by atoms with Gasteiger partial charge in [-0.3, -0.25) is 14.8 Å². The molecule has 0 unspecified atom stereocenters. The molecule has 0 saturated carbocycles. The van der Waals surface area contributed by atoms with E-state index in [1.165, 1.54) is 17.3 Å². The quantitative estimate of drug-likeness (QED) is 0.620. The van der Waals surface area contributed by atoms with Gasteiger partial charge in [-0.1, -0.05) is 0 Å². The Morgan fingerprint density at radius 3 is 2.84 bits per heavy atom. The molecule has 0 aliphatic heterocycles. The first-order valence-electron chi connectivity index (χ1n) is 5.38. The summed E-state index contributed by atoms with van der Waals surface area (Å²) in [4.78, 5) is 21.8. The molecule has 0 bridgehead atoms. The molecular formula is C9H11N7O3. The van der Waals surface area contributed by atoms with Gasteiger partial charge in [0.1, 0.15) is 12.7 Å². The van der Waals surface area contributed by atoms with Crippen LogP contribution < -0.4 is 10.1 Å². The number of nitrogens with zero attached hydrogens (tertiary/aromatic N) is 6. The summed E-state index contributed by atoms with van der Waals surface area (Å²) in [6, 6.07) is -0.0215. The first kappa shape index (κ1) is 12.7. The van der Waals surface area contributed by atoms with Gasteiger partial charge in [-0.25, -0.2) is 4.98 Å². The summed E-state index contributed by atoms with van der Waals surface area (Å²) in [7, 11) is 1.65. The van der Waals surface area contributed by atoms with Gasteiger partial charge in [0.05, 0.1) is 4.92 Å². The van der Waals surface area contributed by atoms with Crippen molar-refractivity contribution in [2.45, 2.75) is 6.92 Å². The lowest BCUT2D eigenvalue weighted by Gasteiger charge is -2.05. The van der Waals surface area contributed by atoms with E-state index in [2.05, 4.69) is 25.4 Å². The summed E-state index contributed by atoms with van der Waals surface area (Å²) in [5.41, 5.74) is -0.350. The van der Waals surface area contributed by atoms with Gasteiger partial charge in [-0.15, -0.1) is 5.10 Å². The predicted molar refractivity (Wildman–Crippen MR) is 63.9 cm³/mol. The largest absolute Gasteiger partial charge is 0.397 e. The Morgan fingerprint density at radius 2 is 2.26 bits per heavy atom. The van der Waals surface area contributed by atoms with Crippen LogP contribution in [0.5, 0.6) is 11.9 Å². The van der Waals surface area contributed by atoms with Crippen molar-refractivity contribution in [3.8, 4) is 11.9 Å². The second kappa shape index (κ2) is 5.25. The lowest BCUT2D eigenvalue weighted by Crippen LogP contribution is -2.06. The van der Waals surface area contributed by atoms with Crippen LogP contribution in [-0.4, -0.2) is 36.2 Å².